The van der Waals surface area contributed by atoms with Crippen LogP contribution >= 0.6 is 0 Å². The van der Waals surface area contributed by atoms with Gasteiger partial charge in [-0.3, -0.25) is 0 Å². The molecule has 3 nitrogen and oxygen atoms in total. The van der Waals surface area contributed by atoms with Gasteiger partial charge in [-0.2, -0.15) is 0 Å². The number of likely N-dealkylation sites (tertiary alicyclic amines) is 1. The lowest BCUT2D eigenvalue weighted by Crippen LogP contribution is -2.49. The highest BCUT2D eigenvalue weighted by Crippen LogP contribution is 2.31. The molecule has 23 heavy (non-hydrogen) atoms. The van der Waals surface area contributed by atoms with E-state index in [1.54, 1.807) is 0 Å². The summed E-state index contributed by atoms with van der Waals surface area (Å²) in [6.07, 6.45) is 11.6. The standard InChI is InChI=1S/C20H40N2O/c1-4-20(5-2,11-14-23)16-21-18-9-12-22(13-10-18)19-8-6-7-17(3)15-19/h17-19,21,23H,4-16H2,1-3H3. The summed E-state index contributed by atoms with van der Waals surface area (Å²) in [5.41, 5.74) is 0.296. The van der Waals surface area contributed by atoms with Gasteiger partial charge in [-0.25, -0.2) is 0 Å². The summed E-state index contributed by atoms with van der Waals surface area (Å²) in [7, 11) is 0. The number of hydrogen-bond acceptors (Lipinski definition) is 3. The Kier molecular flexibility index (Phi) is 7.84. The van der Waals surface area contributed by atoms with E-state index in [0.29, 0.717) is 18.1 Å². The van der Waals surface area contributed by atoms with Crippen LogP contribution in [-0.4, -0.2) is 48.3 Å². The van der Waals surface area contributed by atoms with Crippen LogP contribution in [0.5, 0.6) is 0 Å². The van der Waals surface area contributed by atoms with Gasteiger partial charge >= 0.3 is 0 Å². The summed E-state index contributed by atoms with van der Waals surface area (Å²) in [5.74, 6) is 0.929. The van der Waals surface area contributed by atoms with Gasteiger partial charge in [0.25, 0.3) is 0 Å². The van der Waals surface area contributed by atoms with Crippen molar-refractivity contribution in [3.05, 3.63) is 0 Å². The van der Waals surface area contributed by atoms with Gasteiger partial charge in [0.15, 0.2) is 0 Å². The first-order valence-corrected chi connectivity index (χ1v) is 10.2. The summed E-state index contributed by atoms with van der Waals surface area (Å²) < 4.78 is 0. The SMILES string of the molecule is CCC(CC)(CCO)CNC1CCN(C2CCCC(C)C2)CC1. The summed E-state index contributed by atoms with van der Waals surface area (Å²) >= 11 is 0. The summed E-state index contributed by atoms with van der Waals surface area (Å²) in [5, 5.41) is 13.2. The second-order valence-electron chi connectivity index (χ2n) is 8.30. The maximum atomic E-state index is 9.37. The zero-order valence-corrected chi connectivity index (χ0v) is 15.8. The maximum absolute atomic E-state index is 9.37. The third-order valence-corrected chi connectivity index (χ3v) is 6.86. The summed E-state index contributed by atoms with van der Waals surface area (Å²) in [6, 6.07) is 1.54. The van der Waals surface area contributed by atoms with Gasteiger partial charge in [0, 0.05) is 25.2 Å². The van der Waals surface area contributed by atoms with Gasteiger partial charge in [0.2, 0.25) is 0 Å². The van der Waals surface area contributed by atoms with E-state index in [2.05, 4.69) is 31.0 Å². The van der Waals surface area contributed by atoms with Crippen molar-refractivity contribution in [1.29, 1.82) is 0 Å². The minimum atomic E-state index is 0.296. The molecule has 1 aliphatic heterocycles. The van der Waals surface area contributed by atoms with Gasteiger partial charge in [-0.05, 0) is 69.4 Å². The third kappa shape index (κ3) is 5.44. The molecule has 136 valence electrons. The Labute approximate surface area is 144 Å². The number of rotatable bonds is 8. The Hall–Kier alpha value is -0.120. The van der Waals surface area contributed by atoms with Crippen LogP contribution in [0.25, 0.3) is 0 Å². The van der Waals surface area contributed by atoms with Gasteiger partial charge in [-0.15, -0.1) is 0 Å². The number of nitrogens with zero attached hydrogens (tertiary/aromatic N) is 1. The van der Waals surface area contributed by atoms with Gasteiger partial charge in [-0.1, -0.05) is 33.6 Å². The first-order chi connectivity index (χ1) is 11.1. The lowest BCUT2D eigenvalue weighted by molar-refractivity contribution is 0.0935. The molecule has 0 aromatic rings. The first-order valence-electron chi connectivity index (χ1n) is 10.2. The lowest BCUT2D eigenvalue weighted by atomic mass is 9.79. The minimum Gasteiger partial charge on any atom is -0.396 e. The molecule has 0 amide bonds. The maximum Gasteiger partial charge on any atom is 0.0436 e. The average Bonchev–Trinajstić information content (AvgIpc) is 2.59. The molecule has 1 saturated heterocycles. The molecule has 0 bridgehead atoms. The van der Waals surface area contributed by atoms with Crippen LogP contribution in [0, 0.1) is 11.3 Å². The van der Waals surface area contributed by atoms with Crippen LogP contribution in [0.1, 0.15) is 78.6 Å². The molecule has 0 radical (unpaired) electrons. The van der Waals surface area contributed by atoms with E-state index in [1.165, 1.54) is 51.6 Å². The van der Waals surface area contributed by atoms with E-state index in [0.717, 1.165) is 37.8 Å². The highest BCUT2D eigenvalue weighted by atomic mass is 16.3. The van der Waals surface area contributed by atoms with E-state index < -0.39 is 0 Å². The van der Waals surface area contributed by atoms with Crippen molar-refractivity contribution >= 4 is 0 Å². The Morgan fingerprint density at radius 1 is 1.09 bits per heavy atom. The molecule has 2 atom stereocenters. The predicted molar refractivity (Wildman–Crippen MR) is 98.7 cm³/mol. The van der Waals surface area contributed by atoms with Crippen LogP contribution in [0.4, 0.5) is 0 Å². The van der Waals surface area contributed by atoms with Crippen molar-refractivity contribution in [2.45, 2.75) is 90.6 Å². The molecule has 2 N–H and O–H groups in total. The largest absolute Gasteiger partial charge is 0.396 e. The molecule has 1 aliphatic carbocycles. The average molecular weight is 325 g/mol. The molecule has 3 heteroatoms. The topological polar surface area (TPSA) is 35.5 Å². The molecule has 0 aromatic heterocycles. The normalized spacial score (nSPS) is 28.2. The van der Waals surface area contributed by atoms with Gasteiger partial charge in [0.1, 0.15) is 0 Å². The van der Waals surface area contributed by atoms with E-state index in [1.807, 2.05) is 0 Å². The predicted octanol–water partition coefficient (Wildman–Crippen LogP) is 3.81. The molecule has 2 aliphatic rings. The quantitative estimate of drug-likeness (QED) is 0.713. The van der Waals surface area contributed by atoms with E-state index >= 15 is 0 Å². The number of nitrogens with one attached hydrogen (secondary N) is 1. The van der Waals surface area contributed by atoms with E-state index in [4.69, 9.17) is 0 Å². The molecule has 0 aromatic carbocycles. The van der Waals surface area contributed by atoms with Crippen molar-refractivity contribution < 1.29 is 5.11 Å². The van der Waals surface area contributed by atoms with Crippen LogP contribution in [0.15, 0.2) is 0 Å². The van der Waals surface area contributed by atoms with Crippen molar-refractivity contribution in [1.82, 2.24) is 10.2 Å². The molecule has 2 unspecified atom stereocenters. The monoisotopic (exact) mass is 324 g/mol. The Bertz CT molecular complexity index is 322. The highest BCUT2D eigenvalue weighted by Gasteiger charge is 2.30. The van der Waals surface area contributed by atoms with E-state index in [-0.39, 0.29) is 0 Å². The summed E-state index contributed by atoms with van der Waals surface area (Å²) in [6.45, 7) is 10.9. The van der Waals surface area contributed by atoms with Crippen molar-refractivity contribution in [3.63, 3.8) is 0 Å². The number of hydrogen-bond donors (Lipinski definition) is 2. The van der Waals surface area contributed by atoms with Crippen LogP contribution < -0.4 is 5.32 Å². The zero-order valence-electron chi connectivity index (χ0n) is 15.8. The lowest BCUT2D eigenvalue weighted by Gasteiger charge is -2.42. The Morgan fingerprint density at radius 3 is 2.35 bits per heavy atom. The second kappa shape index (κ2) is 9.39. The fraction of sp³-hybridized carbons (Fsp3) is 1.00. The molecule has 0 spiro atoms. The van der Waals surface area contributed by atoms with Crippen molar-refractivity contribution in [2.24, 2.45) is 11.3 Å². The number of aliphatic hydroxyl groups is 1. The molecular formula is C20H40N2O. The molecule has 2 rings (SSSR count). The molecule has 2 fully saturated rings. The first kappa shape index (κ1) is 19.2. The fourth-order valence-electron chi connectivity index (χ4n) is 4.74. The zero-order chi connectivity index (χ0) is 16.7. The smallest absolute Gasteiger partial charge is 0.0436 e. The minimum absolute atomic E-state index is 0.296. The number of piperidine rings is 1. The second-order valence-corrected chi connectivity index (χ2v) is 8.30. The van der Waals surface area contributed by atoms with Crippen molar-refractivity contribution in [3.8, 4) is 0 Å². The Morgan fingerprint density at radius 2 is 1.78 bits per heavy atom. The summed E-state index contributed by atoms with van der Waals surface area (Å²) in [4.78, 5) is 2.77. The number of aliphatic hydroxyl groups excluding tert-OH is 1. The highest BCUT2D eigenvalue weighted by molar-refractivity contribution is 4.87. The molecular weight excluding hydrogens is 284 g/mol. The molecule has 1 heterocycles. The van der Waals surface area contributed by atoms with E-state index in [9.17, 15) is 5.11 Å². The van der Waals surface area contributed by atoms with Crippen LogP contribution in [-0.2, 0) is 0 Å². The molecule has 1 saturated carbocycles. The van der Waals surface area contributed by atoms with Crippen LogP contribution in [0.2, 0.25) is 0 Å². The third-order valence-electron chi connectivity index (χ3n) is 6.86. The fourth-order valence-corrected chi connectivity index (χ4v) is 4.74. The van der Waals surface area contributed by atoms with Gasteiger partial charge < -0.3 is 15.3 Å². The van der Waals surface area contributed by atoms with Gasteiger partial charge in [0.05, 0.1) is 0 Å². The van der Waals surface area contributed by atoms with Crippen molar-refractivity contribution in [2.75, 3.05) is 26.2 Å². The Balaban J connectivity index is 1.73. The van der Waals surface area contributed by atoms with Crippen LogP contribution in [0.3, 0.4) is 0 Å².